The van der Waals surface area contributed by atoms with Gasteiger partial charge >= 0.3 is 0 Å². The Morgan fingerprint density at radius 2 is 1.89 bits per heavy atom. The molecule has 3 aliphatic rings. The minimum Gasteiger partial charge on any atom is -0.396 e. The molecule has 0 amide bonds. The Morgan fingerprint density at radius 1 is 1.05 bits per heavy atom. The maximum absolute atomic E-state index is 10.7. The number of aromatic nitrogens is 4. The summed E-state index contributed by atoms with van der Waals surface area (Å²) in [6.45, 7) is 1.76. The number of aryl methyl sites for hydroxylation is 1. The largest absolute Gasteiger partial charge is 0.396 e. The molecule has 6 rings (SSSR count). The summed E-state index contributed by atoms with van der Waals surface area (Å²) in [6, 6.07) is 1.65. The van der Waals surface area contributed by atoms with Gasteiger partial charge in [-0.3, -0.25) is 4.98 Å². The van der Waals surface area contributed by atoms with Gasteiger partial charge in [-0.25, -0.2) is 9.97 Å². The molecule has 37 heavy (non-hydrogen) atoms. The van der Waals surface area contributed by atoms with E-state index < -0.39 is 24.2 Å². The smallest absolute Gasteiger partial charge is 0.225 e. The van der Waals surface area contributed by atoms with Gasteiger partial charge in [0.05, 0.1) is 45.9 Å². The van der Waals surface area contributed by atoms with Crippen molar-refractivity contribution in [2.24, 2.45) is 5.92 Å². The third-order valence-corrected chi connectivity index (χ3v) is 9.07. The molecule has 10 nitrogen and oxygen atoms in total. The first-order valence-corrected chi connectivity index (χ1v) is 14.0. The SMILES string of the molecule is CO[C@H]1CCC[C@@H]1Nc1nc(C)c(-c2nc3c(C4CC4)nccc3s2)c(N[C@@H]2C[C@H](CO)[C@@H](O)[C@H]2O)n1. The molecule has 5 N–H and O–H groups in total. The second-order valence-corrected chi connectivity index (χ2v) is 11.6. The molecule has 0 spiro atoms. The summed E-state index contributed by atoms with van der Waals surface area (Å²) in [7, 11) is 1.73. The fraction of sp³-hybridized carbons (Fsp3) is 0.615. The molecule has 0 unspecified atom stereocenters. The van der Waals surface area contributed by atoms with Crippen LogP contribution < -0.4 is 10.6 Å². The van der Waals surface area contributed by atoms with Crippen LogP contribution in [-0.4, -0.2) is 79.4 Å². The Hall–Kier alpha value is -2.44. The number of methoxy groups -OCH3 is 1. The number of rotatable bonds is 8. The van der Waals surface area contributed by atoms with Crippen molar-refractivity contribution in [3.05, 3.63) is 23.7 Å². The van der Waals surface area contributed by atoms with E-state index in [-0.39, 0.29) is 18.8 Å². The Labute approximate surface area is 219 Å². The summed E-state index contributed by atoms with van der Waals surface area (Å²) in [5, 5.41) is 38.4. The van der Waals surface area contributed by atoms with E-state index in [9.17, 15) is 15.3 Å². The molecule has 3 aliphatic carbocycles. The molecule has 3 aromatic heterocycles. The molecular weight excluding hydrogens is 492 g/mol. The summed E-state index contributed by atoms with van der Waals surface area (Å²) < 4.78 is 6.72. The van der Waals surface area contributed by atoms with Crippen LogP contribution in [0.5, 0.6) is 0 Å². The number of fused-ring (bicyclic) bond motifs is 1. The van der Waals surface area contributed by atoms with E-state index in [4.69, 9.17) is 19.7 Å². The minimum atomic E-state index is -1.02. The lowest BCUT2D eigenvalue weighted by Gasteiger charge is -2.23. The minimum absolute atomic E-state index is 0.106. The summed E-state index contributed by atoms with van der Waals surface area (Å²) in [5.41, 5.74) is 3.53. The summed E-state index contributed by atoms with van der Waals surface area (Å²) in [4.78, 5) is 19.3. The molecule has 0 radical (unpaired) electrons. The normalized spacial score (nSPS) is 29.8. The molecule has 0 bridgehead atoms. The monoisotopic (exact) mass is 526 g/mol. The summed E-state index contributed by atoms with van der Waals surface area (Å²) in [5.74, 6) is 1.13. The quantitative estimate of drug-likeness (QED) is 0.297. The molecule has 3 fully saturated rings. The zero-order chi connectivity index (χ0) is 25.7. The van der Waals surface area contributed by atoms with Gasteiger partial charge in [0.2, 0.25) is 5.95 Å². The van der Waals surface area contributed by atoms with Gasteiger partial charge in [0.1, 0.15) is 22.4 Å². The maximum atomic E-state index is 10.7. The number of aliphatic hydroxyl groups excluding tert-OH is 3. The van der Waals surface area contributed by atoms with E-state index in [1.54, 1.807) is 18.4 Å². The van der Waals surface area contributed by atoms with E-state index in [0.29, 0.717) is 24.1 Å². The first-order chi connectivity index (χ1) is 18.0. The first kappa shape index (κ1) is 24.9. The van der Waals surface area contributed by atoms with Gasteiger partial charge in [-0.2, -0.15) is 4.98 Å². The van der Waals surface area contributed by atoms with Gasteiger partial charge in [-0.05, 0) is 51.5 Å². The van der Waals surface area contributed by atoms with E-state index in [0.717, 1.165) is 64.3 Å². The highest BCUT2D eigenvalue weighted by Crippen LogP contribution is 2.44. The average Bonchev–Trinajstić information content (AvgIpc) is 3.39. The highest BCUT2D eigenvalue weighted by molar-refractivity contribution is 7.21. The predicted molar refractivity (Wildman–Crippen MR) is 142 cm³/mol. The van der Waals surface area contributed by atoms with Gasteiger partial charge in [-0.15, -0.1) is 11.3 Å². The highest BCUT2D eigenvalue weighted by atomic mass is 32.1. The van der Waals surface area contributed by atoms with E-state index in [2.05, 4.69) is 15.6 Å². The number of nitrogens with one attached hydrogen (secondary N) is 2. The number of hydrogen-bond donors (Lipinski definition) is 5. The van der Waals surface area contributed by atoms with Gasteiger partial charge in [-0.1, -0.05) is 0 Å². The Balaban J connectivity index is 1.40. The molecule has 198 valence electrons. The van der Waals surface area contributed by atoms with Crippen molar-refractivity contribution < 1.29 is 20.1 Å². The zero-order valence-electron chi connectivity index (χ0n) is 21.1. The summed E-state index contributed by atoms with van der Waals surface area (Å²) >= 11 is 1.58. The van der Waals surface area contributed by atoms with Crippen LogP contribution in [-0.2, 0) is 4.74 Å². The fourth-order valence-electron chi connectivity index (χ4n) is 5.80. The predicted octanol–water partition coefficient (Wildman–Crippen LogP) is 2.83. The van der Waals surface area contributed by atoms with Crippen molar-refractivity contribution >= 4 is 33.3 Å². The first-order valence-electron chi connectivity index (χ1n) is 13.1. The third-order valence-electron chi connectivity index (χ3n) is 8.03. The van der Waals surface area contributed by atoms with Crippen molar-refractivity contribution in [2.75, 3.05) is 24.4 Å². The van der Waals surface area contributed by atoms with E-state index >= 15 is 0 Å². The lowest BCUT2D eigenvalue weighted by atomic mass is 10.1. The number of nitrogens with zero attached hydrogens (tertiary/aromatic N) is 4. The Morgan fingerprint density at radius 3 is 2.62 bits per heavy atom. The number of anilines is 2. The Kier molecular flexibility index (Phi) is 6.74. The van der Waals surface area contributed by atoms with Crippen LogP contribution in [0, 0.1) is 12.8 Å². The van der Waals surface area contributed by atoms with Crippen LogP contribution in [0.25, 0.3) is 20.8 Å². The van der Waals surface area contributed by atoms with Crippen LogP contribution in [0.4, 0.5) is 11.8 Å². The number of pyridine rings is 1. The third kappa shape index (κ3) is 4.67. The number of thiazole rings is 1. The van der Waals surface area contributed by atoms with Crippen molar-refractivity contribution in [3.63, 3.8) is 0 Å². The zero-order valence-corrected chi connectivity index (χ0v) is 21.9. The van der Waals surface area contributed by atoms with Gasteiger partial charge in [0, 0.05) is 31.7 Å². The molecule has 3 saturated carbocycles. The van der Waals surface area contributed by atoms with Gasteiger partial charge in [0.25, 0.3) is 0 Å². The van der Waals surface area contributed by atoms with E-state index in [1.807, 2.05) is 19.2 Å². The highest BCUT2D eigenvalue weighted by Gasteiger charge is 2.42. The molecule has 0 aliphatic heterocycles. The van der Waals surface area contributed by atoms with Crippen LogP contribution >= 0.6 is 11.3 Å². The lowest BCUT2D eigenvalue weighted by Crippen LogP contribution is -2.36. The standard InChI is InChI=1S/C26H34N6O4S/c1-12-19(25-31-21-18(37-25)8-9-27-20(21)13-6-7-13)24(29-16-10-14(11-33)22(34)23(16)35)32-26(28-12)30-15-4-3-5-17(15)36-2/h8-9,13-17,22-23,33-35H,3-7,10-11H2,1-2H3,(H2,28,29,30,32)/t14-,15+,16-,17+,22-,23+/m1/s1. The van der Waals surface area contributed by atoms with Crippen molar-refractivity contribution in [1.29, 1.82) is 0 Å². The van der Waals surface area contributed by atoms with Crippen molar-refractivity contribution in [2.45, 2.75) is 81.8 Å². The van der Waals surface area contributed by atoms with Crippen LogP contribution in [0.3, 0.4) is 0 Å². The summed E-state index contributed by atoms with van der Waals surface area (Å²) in [6.07, 6.45) is 5.70. The van der Waals surface area contributed by atoms with Crippen molar-refractivity contribution in [1.82, 2.24) is 19.9 Å². The van der Waals surface area contributed by atoms with E-state index in [1.165, 1.54) is 0 Å². The second kappa shape index (κ2) is 10.0. The molecule has 0 saturated heterocycles. The number of ether oxygens (including phenoxy) is 1. The molecule has 3 aromatic rings. The maximum Gasteiger partial charge on any atom is 0.225 e. The fourth-order valence-corrected chi connectivity index (χ4v) is 6.87. The Bertz CT molecular complexity index is 1280. The van der Waals surface area contributed by atoms with Gasteiger partial charge in [0.15, 0.2) is 0 Å². The van der Waals surface area contributed by atoms with Crippen LogP contribution in [0.2, 0.25) is 0 Å². The average molecular weight is 527 g/mol. The van der Waals surface area contributed by atoms with Crippen LogP contribution in [0.1, 0.15) is 55.8 Å². The topological polar surface area (TPSA) is 146 Å². The molecule has 0 aromatic carbocycles. The molecular formula is C26H34N6O4S. The van der Waals surface area contributed by atoms with Gasteiger partial charge < -0.3 is 30.7 Å². The van der Waals surface area contributed by atoms with Crippen LogP contribution in [0.15, 0.2) is 12.3 Å². The number of aliphatic hydroxyl groups is 3. The number of hydrogen-bond acceptors (Lipinski definition) is 11. The molecule has 6 atom stereocenters. The molecule has 3 heterocycles. The van der Waals surface area contributed by atoms with Crippen molar-refractivity contribution in [3.8, 4) is 10.6 Å². The lowest BCUT2D eigenvalue weighted by molar-refractivity contribution is 0.00446. The molecule has 11 heteroatoms. The second-order valence-electron chi connectivity index (χ2n) is 10.6.